The first-order valence-electron chi connectivity index (χ1n) is 0. The van der Waals surface area contributed by atoms with Crippen molar-refractivity contribution in [2.45, 2.75) is 0 Å². The predicted octanol–water partition coefficient (Wildman–Crippen LogP) is -18.4. The van der Waals surface area contributed by atoms with Crippen LogP contribution in [-0.4, -0.2) is 27.3 Å². The van der Waals surface area contributed by atoms with Gasteiger partial charge >= 0.3 is 27.3 Å². The van der Waals surface area contributed by atoms with E-state index >= 15 is 0 Å². The van der Waals surface area contributed by atoms with Gasteiger partial charge in [0.25, 0.3) is 0 Å². The molecule has 8 heavy (non-hydrogen) atoms. The zero-order chi connectivity index (χ0) is 0. The SMILES string of the molecule is [I-].[I-].[I-].[I-].[I-].[I-].[Tl+].[V]. The van der Waals surface area contributed by atoms with E-state index in [9.17, 15) is 0 Å². The fourth-order valence-electron chi connectivity index (χ4n) is 0. The van der Waals surface area contributed by atoms with Gasteiger partial charge in [0, 0.05) is 18.6 Å². The van der Waals surface area contributed by atoms with Gasteiger partial charge < -0.3 is 144 Å². The third-order valence-electron chi connectivity index (χ3n) is 0. The summed E-state index contributed by atoms with van der Waals surface area (Å²) in [7, 11) is 0. The third kappa shape index (κ3) is 40.7. The molecule has 0 amide bonds. The molecule has 0 rings (SSSR count). The molecule has 0 nitrogen and oxygen atoms in total. The van der Waals surface area contributed by atoms with Crippen LogP contribution in [0.2, 0.25) is 0 Å². The molecule has 0 heterocycles. The molecule has 0 spiro atoms. The summed E-state index contributed by atoms with van der Waals surface area (Å²) < 4.78 is 0. The monoisotopic (exact) mass is 1020 g/mol. The van der Waals surface area contributed by atoms with E-state index in [0.717, 1.165) is 0 Å². The number of hydrogen-bond acceptors (Lipinski definition) is 0. The van der Waals surface area contributed by atoms with E-state index < -0.39 is 0 Å². The zero-order valence-electron chi connectivity index (χ0n) is 3.29. The molecule has 0 atom stereocenters. The van der Waals surface area contributed by atoms with E-state index in [2.05, 4.69) is 0 Å². The van der Waals surface area contributed by atoms with Crippen molar-refractivity contribution < 1.29 is 162 Å². The second kappa shape index (κ2) is 52.5. The maximum absolute atomic E-state index is 0. The van der Waals surface area contributed by atoms with Crippen LogP contribution in [0.4, 0.5) is 0 Å². The van der Waals surface area contributed by atoms with Crippen LogP contribution in [0.1, 0.15) is 0 Å². The summed E-state index contributed by atoms with van der Waals surface area (Å²) in [6.45, 7) is 0. The fourth-order valence-corrected chi connectivity index (χ4v) is 0. The Balaban J connectivity index is 0. The van der Waals surface area contributed by atoms with Crippen molar-refractivity contribution in [2.24, 2.45) is 0 Å². The molecule has 0 bridgehead atoms. The molecule has 8 heteroatoms. The van der Waals surface area contributed by atoms with Gasteiger partial charge in [0.2, 0.25) is 0 Å². The molecule has 0 aliphatic heterocycles. The molecule has 0 aliphatic carbocycles. The minimum absolute atomic E-state index is 0. The van der Waals surface area contributed by atoms with Crippen LogP contribution in [0, 0.1) is 0 Å². The summed E-state index contributed by atoms with van der Waals surface area (Å²) in [5.74, 6) is 0. The van der Waals surface area contributed by atoms with Crippen molar-refractivity contribution in [1.82, 2.24) is 0 Å². The first-order chi connectivity index (χ1) is 0. The largest absolute Gasteiger partial charge is 1.00 e. The number of hydrogen-bond donors (Lipinski definition) is 0. The second-order valence-electron chi connectivity index (χ2n) is 0. The average Bonchev–Trinajstić information content (AvgIpc) is 0. The summed E-state index contributed by atoms with van der Waals surface area (Å²) in [5, 5.41) is 0. The van der Waals surface area contributed by atoms with E-state index in [0.29, 0.717) is 0 Å². The van der Waals surface area contributed by atoms with Gasteiger partial charge in [-0.3, -0.25) is 0 Å². The summed E-state index contributed by atoms with van der Waals surface area (Å²) in [6, 6.07) is 0. The van der Waals surface area contributed by atoms with Crippen molar-refractivity contribution in [2.75, 3.05) is 0 Å². The smallest absolute Gasteiger partial charge is 1.00 e. The van der Waals surface area contributed by atoms with Gasteiger partial charge in [-0.05, 0) is 0 Å². The van der Waals surface area contributed by atoms with Gasteiger partial charge in [0.05, 0.1) is 0 Å². The molecule has 55 valence electrons. The van der Waals surface area contributed by atoms with E-state index in [4.69, 9.17) is 0 Å². The van der Waals surface area contributed by atoms with Gasteiger partial charge in [-0.15, -0.1) is 0 Å². The molecule has 1 radical (unpaired) electrons. The maximum Gasteiger partial charge on any atom is 1.00 e. The summed E-state index contributed by atoms with van der Waals surface area (Å²) in [4.78, 5) is 0. The molecule has 0 fully saturated rings. The molecular weight excluding hydrogens is 1020 g/mol. The summed E-state index contributed by atoms with van der Waals surface area (Å²) in [6.07, 6.45) is 0. The van der Waals surface area contributed by atoms with Crippen molar-refractivity contribution in [3.63, 3.8) is 0 Å². The van der Waals surface area contributed by atoms with Crippen LogP contribution in [0.5, 0.6) is 0 Å². The Morgan fingerprint density at radius 1 is 0.375 bits per heavy atom. The molecule has 0 aromatic carbocycles. The van der Waals surface area contributed by atoms with Gasteiger partial charge in [-0.2, -0.15) is 0 Å². The molecule has 0 saturated carbocycles. The Morgan fingerprint density at radius 2 is 0.375 bits per heavy atom. The van der Waals surface area contributed by atoms with Gasteiger partial charge in [-0.1, -0.05) is 0 Å². The van der Waals surface area contributed by atoms with Crippen molar-refractivity contribution >= 4 is 27.3 Å². The maximum atomic E-state index is 0. The van der Waals surface area contributed by atoms with Gasteiger partial charge in [0.1, 0.15) is 0 Å². The Labute approximate surface area is 185 Å². The van der Waals surface area contributed by atoms with Crippen LogP contribution >= 0.6 is 0 Å². The molecule has 0 unspecified atom stereocenters. The number of rotatable bonds is 0. The third-order valence-corrected chi connectivity index (χ3v) is 0. The van der Waals surface area contributed by atoms with Crippen LogP contribution in [0.3, 0.4) is 0 Å². The summed E-state index contributed by atoms with van der Waals surface area (Å²) >= 11 is 0. The number of halogens is 6. The van der Waals surface area contributed by atoms with Gasteiger partial charge in [-0.25, -0.2) is 0 Å². The summed E-state index contributed by atoms with van der Waals surface area (Å²) in [5.41, 5.74) is 0. The Hall–Kier alpha value is 5.89. The van der Waals surface area contributed by atoms with Crippen molar-refractivity contribution in [3.8, 4) is 0 Å². The van der Waals surface area contributed by atoms with Crippen molar-refractivity contribution in [3.05, 3.63) is 0 Å². The average molecular weight is 1020 g/mol. The molecule has 0 aromatic heterocycles. The quantitative estimate of drug-likeness (QED) is 0.168. The van der Waals surface area contributed by atoms with Crippen molar-refractivity contribution in [1.29, 1.82) is 0 Å². The normalized spacial score (nSPS) is 0. The molecule has 0 saturated heterocycles. The molecule has 0 aliphatic rings. The van der Waals surface area contributed by atoms with E-state index in [1.54, 1.807) is 0 Å². The Bertz CT molecular complexity index is 8.49. The zero-order valence-corrected chi connectivity index (χ0v) is 22.1. The molecule has 0 aromatic rings. The predicted molar refractivity (Wildman–Crippen MR) is 5.75 cm³/mol. The first-order valence-corrected chi connectivity index (χ1v) is 0. The van der Waals surface area contributed by atoms with E-state index in [1.807, 2.05) is 0 Å². The van der Waals surface area contributed by atoms with Crippen LogP contribution in [0.15, 0.2) is 0 Å². The first kappa shape index (κ1) is 66.6. The van der Waals surface area contributed by atoms with Crippen LogP contribution < -0.4 is 144 Å². The molecule has 0 N–H and O–H groups in total. The molecular formula is I6TlV-5. The van der Waals surface area contributed by atoms with Crippen LogP contribution in [0.25, 0.3) is 0 Å². The minimum Gasteiger partial charge on any atom is -1.00 e. The van der Waals surface area contributed by atoms with E-state index in [-0.39, 0.29) is 190 Å². The Morgan fingerprint density at radius 3 is 0.375 bits per heavy atom. The topological polar surface area (TPSA) is 0 Å². The Kier molecular flexibility index (Phi) is 437. The van der Waals surface area contributed by atoms with Gasteiger partial charge in [0.15, 0.2) is 0 Å². The fraction of sp³-hybridized carbons (Fsp3) is 0. The minimum atomic E-state index is 0. The second-order valence-corrected chi connectivity index (χ2v) is 0. The standard InChI is InChI=1S/6HI.Tl.V/h6*1H;;/q;;;;;;+1;/p-6. The van der Waals surface area contributed by atoms with E-state index in [1.165, 1.54) is 0 Å². The van der Waals surface area contributed by atoms with Crippen LogP contribution in [-0.2, 0) is 18.6 Å².